The Morgan fingerprint density at radius 3 is 1.88 bits per heavy atom. The van der Waals surface area contributed by atoms with Gasteiger partial charge in [-0.25, -0.2) is 8.78 Å². The van der Waals surface area contributed by atoms with Gasteiger partial charge in [0.05, 0.1) is 0 Å². The van der Waals surface area contributed by atoms with E-state index in [0.29, 0.717) is 17.5 Å². The Kier molecular flexibility index (Phi) is 13.3. The molecule has 0 fully saturated rings. The third-order valence-corrected chi connectivity index (χ3v) is 1.71. The highest BCUT2D eigenvalue weighted by atomic mass is 19.1. The number of alkyl halides is 1. The van der Waals surface area contributed by atoms with E-state index in [1.165, 1.54) is 18.6 Å². The van der Waals surface area contributed by atoms with Crippen molar-refractivity contribution in [3.8, 4) is 0 Å². The molecular weight excluding hydrogens is 206 g/mol. The summed E-state index contributed by atoms with van der Waals surface area (Å²) in [5, 5.41) is 0. The van der Waals surface area contributed by atoms with E-state index in [4.69, 9.17) is 0 Å². The minimum atomic E-state index is -0.582. The zero-order valence-corrected chi connectivity index (χ0v) is 11.1. The van der Waals surface area contributed by atoms with E-state index in [1.54, 1.807) is 6.07 Å². The Balaban J connectivity index is 0. The fourth-order valence-electron chi connectivity index (χ4n) is 1.12. The molecule has 0 aliphatic rings. The molecule has 0 amide bonds. The first-order valence-corrected chi connectivity index (χ1v) is 6.03. The molecule has 1 rings (SSSR count). The molecule has 0 atom stereocenters. The average Bonchev–Trinajstić information content (AvgIpc) is 2.32. The molecule has 16 heavy (non-hydrogen) atoms. The Hall–Kier alpha value is -0.920. The van der Waals surface area contributed by atoms with Gasteiger partial charge in [-0.2, -0.15) is 0 Å². The van der Waals surface area contributed by atoms with Gasteiger partial charge < -0.3 is 0 Å². The van der Waals surface area contributed by atoms with Crippen LogP contribution in [0.5, 0.6) is 0 Å². The van der Waals surface area contributed by atoms with E-state index in [0.717, 1.165) is 0 Å². The van der Waals surface area contributed by atoms with Crippen molar-refractivity contribution >= 4 is 0 Å². The van der Waals surface area contributed by atoms with Crippen molar-refractivity contribution in [3.63, 3.8) is 0 Å². The zero-order valence-electron chi connectivity index (χ0n) is 11.1. The third kappa shape index (κ3) is 6.54. The fraction of sp³-hybridized carbons (Fsp3) is 0.571. The van der Waals surface area contributed by atoms with Crippen LogP contribution in [0.3, 0.4) is 0 Å². The third-order valence-electron chi connectivity index (χ3n) is 1.71. The van der Waals surface area contributed by atoms with Gasteiger partial charge in [0.25, 0.3) is 0 Å². The van der Waals surface area contributed by atoms with Gasteiger partial charge >= 0.3 is 0 Å². The van der Waals surface area contributed by atoms with Crippen molar-refractivity contribution < 1.29 is 8.78 Å². The Labute approximate surface area is 98.7 Å². The number of rotatable bonds is 2. The lowest BCUT2D eigenvalue weighted by Gasteiger charge is -2.03. The van der Waals surface area contributed by atoms with Crippen molar-refractivity contribution in [1.82, 2.24) is 0 Å². The number of hydrogen-bond acceptors (Lipinski definition) is 0. The standard InChI is InChI=1S/C9H10F2.C3H8.C2H6/c1-2-8-7(6-10)4-3-5-9(8)11;1-3-2;1-2/h3-5H,2,6H2,1H3;3H2,1-2H3;1-2H3. The van der Waals surface area contributed by atoms with Crippen LogP contribution in [-0.2, 0) is 13.1 Å². The van der Waals surface area contributed by atoms with E-state index in [2.05, 4.69) is 13.8 Å². The molecule has 0 bridgehead atoms. The van der Waals surface area contributed by atoms with Crippen LogP contribution < -0.4 is 0 Å². The van der Waals surface area contributed by atoms with Crippen LogP contribution in [0.2, 0.25) is 0 Å². The largest absolute Gasteiger partial charge is 0.246 e. The lowest BCUT2D eigenvalue weighted by molar-refractivity contribution is 0.478. The number of hydrogen-bond donors (Lipinski definition) is 0. The predicted octanol–water partition coefficient (Wildman–Crippen LogP) is 5.30. The summed E-state index contributed by atoms with van der Waals surface area (Å²) < 4.78 is 25.1. The highest BCUT2D eigenvalue weighted by Crippen LogP contribution is 2.14. The molecule has 0 aliphatic heterocycles. The van der Waals surface area contributed by atoms with Gasteiger partial charge in [-0.05, 0) is 23.6 Å². The quantitative estimate of drug-likeness (QED) is 0.646. The summed E-state index contributed by atoms with van der Waals surface area (Å²) in [6.07, 6.45) is 1.80. The Bertz CT molecular complexity index is 257. The summed E-state index contributed by atoms with van der Waals surface area (Å²) in [5.74, 6) is -0.303. The highest BCUT2D eigenvalue weighted by Gasteiger charge is 2.04. The summed E-state index contributed by atoms with van der Waals surface area (Å²) in [6, 6.07) is 4.50. The second kappa shape index (κ2) is 12.2. The van der Waals surface area contributed by atoms with Crippen LogP contribution in [0.15, 0.2) is 18.2 Å². The van der Waals surface area contributed by atoms with E-state index >= 15 is 0 Å². The van der Waals surface area contributed by atoms with Gasteiger partial charge in [0, 0.05) is 0 Å². The highest BCUT2D eigenvalue weighted by molar-refractivity contribution is 5.27. The van der Waals surface area contributed by atoms with Crippen LogP contribution in [0, 0.1) is 5.82 Å². The minimum Gasteiger partial charge on any atom is -0.246 e. The second-order valence-electron chi connectivity index (χ2n) is 3.07. The van der Waals surface area contributed by atoms with Crippen molar-refractivity contribution in [2.45, 2.75) is 54.1 Å². The van der Waals surface area contributed by atoms with Gasteiger partial charge in [-0.15, -0.1) is 0 Å². The van der Waals surface area contributed by atoms with Gasteiger partial charge in [0.2, 0.25) is 0 Å². The van der Waals surface area contributed by atoms with E-state index in [-0.39, 0.29) is 5.82 Å². The normalized spacial score (nSPS) is 8.44. The molecule has 0 N–H and O–H groups in total. The lowest BCUT2D eigenvalue weighted by atomic mass is 10.1. The summed E-state index contributed by atoms with van der Waals surface area (Å²) in [5.41, 5.74) is 0.961. The van der Waals surface area contributed by atoms with Crippen molar-refractivity contribution in [2.75, 3.05) is 0 Å². The maximum absolute atomic E-state index is 12.9. The molecule has 1 aromatic carbocycles. The van der Waals surface area contributed by atoms with Gasteiger partial charge in [-0.1, -0.05) is 53.2 Å². The molecule has 0 saturated heterocycles. The maximum Gasteiger partial charge on any atom is 0.126 e. The molecule has 0 radical (unpaired) electrons. The first-order chi connectivity index (χ1) is 7.71. The van der Waals surface area contributed by atoms with Crippen molar-refractivity contribution in [1.29, 1.82) is 0 Å². The van der Waals surface area contributed by atoms with Crippen LogP contribution in [0.1, 0.15) is 52.2 Å². The summed E-state index contributed by atoms with van der Waals surface area (Å²) in [6.45, 7) is 9.48. The van der Waals surface area contributed by atoms with Crippen molar-refractivity contribution in [2.24, 2.45) is 0 Å². The lowest BCUT2D eigenvalue weighted by Crippen LogP contribution is -1.93. The number of benzene rings is 1. The van der Waals surface area contributed by atoms with E-state index < -0.39 is 6.67 Å². The average molecular weight is 230 g/mol. The molecule has 0 saturated carbocycles. The smallest absolute Gasteiger partial charge is 0.126 e. The van der Waals surface area contributed by atoms with Crippen LogP contribution >= 0.6 is 0 Å². The zero-order chi connectivity index (χ0) is 13.0. The molecule has 0 heterocycles. The van der Waals surface area contributed by atoms with E-state index in [9.17, 15) is 8.78 Å². The SMILES string of the molecule is CC.CCC.CCc1c(F)cccc1CF. The van der Waals surface area contributed by atoms with Crippen LogP contribution in [-0.4, -0.2) is 0 Å². The minimum absolute atomic E-state index is 0.303. The fourth-order valence-corrected chi connectivity index (χ4v) is 1.12. The molecule has 94 valence electrons. The first kappa shape index (κ1) is 17.5. The van der Waals surface area contributed by atoms with Gasteiger partial charge in [-0.3, -0.25) is 0 Å². The van der Waals surface area contributed by atoms with E-state index in [1.807, 2.05) is 20.8 Å². The second-order valence-corrected chi connectivity index (χ2v) is 3.07. The van der Waals surface area contributed by atoms with Crippen molar-refractivity contribution in [3.05, 3.63) is 35.1 Å². The molecule has 0 aliphatic carbocycles. The maximum atomic E-state index is 12.9. The Morgan fingerprint density at radius 2 is 1.56 bits per heavy atom. The van der Waals surface area contributed by atoms with Crippen LogP contribution in [0.25, 0.3) is 0 Å². The molecule has 0 nitrogen and oxygen atoms in total. The molecular formula is C14H24F2. The van der Waals surface area contributed by atoms with Crippen LogP contribution in [0.4, 0.5) is 8.78 Å². The first-order valence-electron chi connectivity index (χ1n) is 6.03. The van der Waals surface area contributed by atoms with Gasteiger partial charge in [0.1, 0.15) is 12.5 Å². The molecule has 0 aromatic heterocycles. The summed E-state index contributed by atoms with van der Waals surface area (Å²) in [7, 11) is 0. The summed E-state index contributed by atoms with van der Waals surface area (Å²) >= 11 is 0. The monoisotopic (exact) mass is 230 g/mol. The molecule has 0 unspecified atom stereocenters. The summed E-state index contributed by atoms with van der Waals surface area (Å²) in [4.78, 5) is 0. The Morgan fingerprint density at radius 1 is 1.06 bits per heavy atom. The topological polar surface area (TPSA) is 0 Å². The van der Waals surface area contributed by atoms with Gasteiger partial charge in [0.15, 0.2) is 0 Å². The molecule has 2 heteroatoms. The number of halogens is 2. The molecule has 1 aromatic rings. The molecule has 0 spiro atoms. The predicted molar refractivity (Wildman–Crippen MR) is 67.9 cm³/mol.